The molecule has 0 saturated heterocycles. The standard InChI is InChI=1S/C19H19FN2/c1-12-13(2)22(11-14-3-4-14)19-17(9-10-21-18(12)19)15-5-7-16(20)8-6-15/h5-10,14H,3-4,11H2,1-2H3. The van der Waals surface area contributed by atoms with Crippen LogP contribution in [0.15, 0.2) is 36.5 Å². The molecular weight excluding hydrogens is 275 g/mol. The number of hydrogen-bond acceptors (Lipinski definition) is 1. The zero-order valence-corrected chi connectivity index (χ0v) is 12.9. The van der Waals surface area contributed by atoms with Gasteiger partial charge in [-0.1, -0.05) is 12.1 Å². The Bertz CT molecular complexity index is 842. The molecule has 0 bridgehead atoms. The van der Waals surface area contributed by atoms with E-state index in [1.165, 1.54) is 41.7 Å². The Morgan fingerprint density at radius 3 is 2.55 bits per heavy atom. The molecule has 0 unspecified atom stereocenters. The highest BCUT2D eigenvalue weighted by Gasteiger charge is 2.25. The van der Waals surface area contributed by atoms with Gasteiger partial charge in [0.15, 0.2) is 0 Å². The molecule has 3 aromatic rings. The van der Waals surface area contributed by atoms with Crippen LogP contribution in [0, 0.1) is 25.6 Å². The molecular formula is C19H19FN2. The van der Waals surface area contributed by atoms with Gasteiger partial charge in [-0.3, -0.25) is 4.98 Å². The van der Waals surface area contributed by atoms with Gasteiger partial charge in [-0.25, -0.2) is 4.39 Å². The van der Waals surface area contributed by atoms with Crippen molar-refractivity contribution in [3.8, 4) is 11.1 Å². The Morgan fingerprint density at radius 1 is 1.14 bits per heavy atom. The molecule has 1 aliphatic rings. The highest BCUT2D eigenvalue weighted by molar-refractivity contribution is 5.94. The fourth-order valence-electron chi connectivity index (χ4n) is 3.19. The van der Waals surface area contributed by atoms with Crippen molar-refractivity contribution in [2.24, 2.45) is 5.92 Å². The predicted molar refractivity (Wildman–Crippen MR) is 87.3 cm³/mol. The van der Waals surface area contributed by atoms with Gasteiger partial charge in [0.25, 0.3) is 0 Å². The largest absolute Gasteiger partial charge is 0.343 e. The normalized spacial score (nSPS) is 14.7. The first-order valence-electron chi connectivity index (χ1n) is 7.85. The molecule has 0 spiro atoms. The lowest BCUT2D eigenvalue weighted by Gasteiger charge is -2.11. The van der Waals surface area contributed by atoms with Crippen LogP contribution in [0.1, 0.15) is 24.1 Å². The van der Waals surface area contributed by atoms with Gasteiger partial charge in [0.05, 0.1) is 11.0 Å². The first kappa shape index (κ1) is 13.5. The monoisotopic (exact) mass is 294 g/mol. The maximum absolute atomic E-state index is 13.2. The van der Waals surface area contributed by atoms with Crippen LogP contribution in [0.4, 0.5) is 4.39 Å². The molecule has 2 heterocycles. The van der Waals surface area contributed by atoms with E-state index in [1.54, 1.807) is 0 Å². The molecule has 0 N–H and O–H groups in total. The van der Waals surface area contributed by atoms with Gasteiger partial charge in [-0.2, -0.15) is 0 Å². The van der Waals surface area contributed by atoms with Crippen LogP contribution < -0.4 is 0 Å². The summed E-state index contributed by atoms with van der Waals surface area (Å²) in [6, 6.07) is 8.79. The Hall–Kier alpha value is -2.16. The molecule has 2 nitrogen and oxygen atoms in total. The van der Waals surface area contributed by atoms with Crippen molar-refractivity contribution in [2.75, 3.05) is 0 Å². The van der Waals surface area contributed by atoms with E-state index in [9.17, 15) is 4.39 Å². The topological polar surface area (TPSA) is 17.8 Å². The van der Waals surface area contributed by atoms with Gasteiger partial charge < -0.3 is 4.57 Å². The molecule has 0 radical (unpaired) electrons. The number of rotatable bonds is 3. The number of fused-ring (bicyclic) bond motifs is 1. The number of aryl methyl sites for hydroxylation is 1. The van der Waals surface area contributed by atoms with Crippen molar-refractivity contribution < 1.29 is 4.39 Å². The Balaban J connectivity index is 1.97. The summed E-state index contributed by atoms with van der Waals surface area (Å²) in [5, 5.41) is 0. The summed E-state index contributed by atoms with van der Waals surface area (Å²) in [5.41, 5.74) is 6.99. The van der Waals surface area contributed by atoms with Crippen LogP contribution in [-0.2, 0) is 6.54 Å². The van der Waals surface area contributed by atoms with Gasteiger partial charge in [-0.05, 0) is 61.9 Å². The molecule has 1 fully saturated rings. The van der Waals surface area contributed by atoms with E-state index in [0.29, 0.717) is 0 Å². The lowest BCUT2D eigenvalue weighted by molar-refractivity contribution is 0.628. The van der Waals surface area contributed by atoms with E-state index < -0.39 is 0 Å². The summed E-state index contributed by atoms with van der Waals surface area (Å²) < 4.78 is 15.6. The second-order valence-corrected chi connectivity index (χ2v) is 6.33. The fourth-order valence-corrected chi connectivity index (χ4v) is 3.19. The van der Waals surface area contributed by atoms with Gasteiger partial charge in [0.1, 0.15) is 5.82 Å². The Morgan fingerprint density at radius 2 is 1.86 bits per heavy atom. The number of nitrogens with zero attached hydrogens (tertiary/aromatic N) is 2. The van der Waals surface area contributed by atoms with Crippen molar-refractivity contribution in [3.05, 3.63) is 53.6 Å². The highest BCUT2D eigenvalue weighted by Crippen LogP contribution is 2.37. The Labute approximate surface area is 129 Å². The molecule has 0 amide bonds. The van der Waals surface area contributed by atoms with E-state index in [0.717, 1.165) is 29.1 Å². The molecule has 2 aromatic heterocycles. The minimum atomic E-state index is -0.199. The molecule has 1 aromatic carbocycles. The average molecular weight is 294 g/mol. The quantitative estimate of drug-likeness (QED) is 0.674. The maximum Gasteiger partial charge on any atom is 0.123 e. The second kappa shape index (κ2) is 4.94. The first-order valence-corrected chi connectivity index (χ1v) is 7.85. The van der Waals surface area contributed by atoms with Gasteiger partial charge >= 0.3 is 0 Å². The SMILES string of the molecule is Cc1c(C)n(CC2CC2)c2c(-c3ccc(F)cc3)ccnc12. The summed E-state index contributed by atoms with van der Waals surface area (Å²) in [4.78, 5) is 4.60. The van der Waals surface area contributed by atoms with Gasteiger partial charge in [-0.15, -0.1) is 0 Å². The van der Waals surface area contributed by atoms with Crippen molar-refractivity contribution in [3.63, 3.8) is 0 Å². The van der Waals surface area contributed by atoms with Crippen molar-refractivity contribution in [1.82, 2.24) is 9.55 Å². The zero-order valence-electron chi connectivity index (χ0n) is 12.9. The molecule has 4 rings (SSSR count). The number of benzene rings is 1. The highest BCUT2D eigenvalue weighted by atomic mass is 19.1. The molecule has 3 heteroatoms. The predicted octanol–water partition coefficient (Wildman–Crippen LogP) is 4.87. The maximum atomic E-state index is 13.2. The number of hydrogen-bond donors (Lipinski definition) is 0. The molecule has 0 atom stereocenters. The van der Waals surface area contributed by atoms with Gasteiger partial charge in [0, 0.05) is 24.0 Å². The minimum absolute atomic E-state index is 0.199. The second-order valence-electron chi connectivity index (χ2n) is 6.33. The number of halogens is 1. The van der Waals surface area contributed by atoms with E-state index in [4.69, 9.17) is 0 Å². The first-order chi connectivity index (χ1) is 10.6. The van der Waals surface area contributed by atoms with Crippen molar-refractivity contribution in [2.45, 2.75) is 33.2 Å². The third-order valence-corrected chi connectivity index (χ3v) is 4.79. The van der Waals surface area contributed by atoms with Crippen LogP contribution in [0.3, 0.4) is 0 Å². The molecule has 22 heavy (non-hydrogen) atoms. The zero-order chi connectivity index (χ0) is 15.3. The van der Waals surface area contributed by atoms with Crippen molar-refractivity contribution >= 4 is 11.0 Å². The summed E-state index contributed by atoms with van der Waals surface area (Å²) >= 11 is 0. The van der Waals surface area contributed by atoms with E-state index >= 15 is 0 Å². The van der Waals surface area contributed by atoms with E-state index in [1.807, 2.05) is 24.4 Å². The lowest BCUT2D eigenvalue weighted by Crippen LogP contribution is -2.03. The van der Waals surface area contributed by atoms with E-state index in [-0.39, 0.29) is 5.82 Å². The number of aromatic nitrogens is 2. The summed E-state index contributed by atoms with van der Waals surface area (Å²) in [7, 11) is 0. The average Bonchev–Trinajstić information content (AvgIpc) is 3.32. The third kappa shape index (κ3) is 2.12. The van der Waals surface area contributed by atoms with Crippen molar-refractivity contribution in [1.29, 1.82) is 0 Å². The fraction of sp³-hybridized carbons (Fsp3) is 0.316. The molecule has 1 saturated carbocycles. The van der Waals surface area contributed by atoms with E-state index in [2.05, 4.69) is 23.4 Å². The van der Waals surface area contributed by atoms with Gasteiger partial charge in [0.2, 0.25) is 0 Å². The third-order valence-electron chi connectivity index (χ3n) is 4.79. The molecule has 0 aliphatic heterocycles. The number of pyridine rings is 1. The van der Waals surface area contributed by atoms with Crippen LogP contribution >= 0.6 is 0 Å². The molecule has 112 valence electrons. The lowest BCUT2D eigenvalue weighted by atomic mass is 10.0. The minimum Gasteiger partial charge on any atom is -0.343 e. The van der Waals surface area contributed by atoms with Crippen LogP contribution in [0.2, 0.25) is 0 Å². The summed E-state index contributed by atoms with van der Waals surface area (Å²) in [6.45, 7) is 5.38. The molecule has 1 aliphatic carbocycles. The summed E-state index contributed by atoms with van der Waals surface area (Å²) in [5.74, 6) is 0.602. The van der Waals surface area contributed by atoms with Crippen LogP contribution in [0.25, 0.3) is 22.2 Å². The summed E-state index contributed by atoms with van der Waals surface area (Å²) in [6.07, 6.45) is 4.50. The Kier molecular flexibility index (Phi) is 3.03. The smallest absolute Gasteiger partial charge is 0.123 e. The van der Waals surface area contributed by atoms with Crippen LogP contribution in [0.5, 0.6) is 0 Å². The van der Waals surface area contributed by atoms with Crippen LogP contribution in [-0.4, -0.2) is 9.55 Å².